The Balaban J connectivity index is 1.40. The van der Waals surface area contributed by atoms with Gasteiger partial charge in [-0.3, -0.25) is 4.79 Å². The smallest absolute Gasteiger partial charge is 0.234 e. The summed E-state index contributed by atoms with van der Waals surface area (Å²) in [5, 5.41) is 8.00. The summed E-state index contributed by atoms with van der Waals surface area (Å²) in [7, 11) is 0. The van der Waals surface area contributed by atoms with E-state index in [4.69, 9.17) is 16.1 Å². The van der Waals surface area contributed by atoms with Crippen LogP contribution in [0.1, 0.15) is 0 Å². The fraction of sp³-hybridized carbons (Fsp3) is 0.0476. The molecule has 2 aromatic carbocycles. The van der Waals surface area contributed by atoms with Crippen molar-refractivity contribution in [2.75, 3.05) is 11.1 Å². The molecule has 0 saturated carbocycles. The summed E-state index contributed by atoms with van der Waals surface area (Å²) in [5.41, 5.74) is 2.99. The number of halogens is 1. The van der Waals surface area contributed by atoms with Gasteiger partial charge < -0.3 is 9.84 Å². The summed E-state index contributed by atoms with van der Waals surface area (Å²) in [6, 6.07) is 20.3. The average molecular weight is 423 g/mol. The first-order chi connectivity index (χ1) is 14.2. The van der Waals surface area contributed by atoms with Crippen LogP contribution in [0, 0.1) is 0 Å². The Morgan fingerprint density at radius 3 is 2.62 bits per heavy atom. The molecule has 0 aliphatic heterocycles. The predicted molar refractivity (Wildman–Crippen MR) is 114 cm³/mol. The summed E-state index contributed by atoms with van der Waals surface area (Å²) in [5.74, 6) is 0.564. The monoisotopic (exact) mass is 422 g/mol. The summed E-state index contributed by atoms with van der Waals surface area (Å²) in [6.07, 6.45) is 1.63. The molecule has 8 heteroatoms. The molecular formula is C21H15ClN4O2S. The molecule has 4 aromatic rings. The zero-order valence-electron chi connectivity index (χ0n) is 15.1. The first kappa shape index (κ1) is 19.2. The van der Waals surface area contributed by atoms with Crippen molar-refractivity contribution in [3.05, 3.63) is 77.9 Å². The Morgan fingerprint density at radius 1 is 1.03 bits per heavy atom. The van der Waals surface area contributed by atoms with Crippen molar-refractivity contribution >= 4 is 35.0 Å². The van der Waals surface area contributed by atoms with Gasteiger partial charge >= 0.3 is 0 Å². The van der Waals surface area contributed by atoms with Crippen LogP contribution >= 0.6 is 23.4 Å². The Bertz CT molecular complexity index is 1120. The molecule has 1 N–H and O–H groups in total. The van der Waals surface area contributed by atoms with Gasteiger partial charge in [0.1, 0.15) is 11.4 Å². The lowest BCUT2D eigenvalue weighted by Gasteiger charge is -2.05. The highest BCUT2D eigenvalue weighted by Gasteiger charge is 2.12. The van der Waals surface area contributed by atoms with Crippen molar-refractivity contribution in [2.24, 2.45) is 0 Å². The van der Waals surface area contributed by atoms with Gasteiger partial charge in [-0.2, -0.15) is 0 Å². The van der Waals surface area contributed by atoms with Crippen LogP contribution in [0.25, 0.3) is 22.7 Å². The van der Waals surface area contributed by atoms with Crippen molar-refractivity contribution in [1.29, 1.82) is 0 Å². The Kier molecular flexibility index (Phi) is 5.88. The van der Waals surface area contributed by atoms with Gasteiger partial charge in [0.15, 0.2) is 10.9 Å². The van der Waals surface area contributed by atoms with E-state index in [1.54, 1.807) is 36.5 Å². The number of thioether (sulfide) groups is 1. The first-order valence-electron chi connectivity index (χ1n) is 8.71. The highest BCUT2D eigenvalue weighted by Crippen LogP contribution is 2.25. The highest BCUT2D eigenvalue weighted by molar-refractivity contribution is 7.99. The molecule has 2 heterocycles. The van der Waals surface area contributed by atoms with E-state index in [-0.39, 0.29) is 11.7 Å². The predicted octanol–water partition coefficient (Wildman–Crippen LogP) is 5.18. The van der Waals surface area contributed by atoms with Crippen molar-refractivity contribution in [3.8, 4) is 22.7 Å². The van der Waals surface area contributed by atoms with Gasteiger partial charge in [0.25, 0.3) is 0 Å². The lowest BCUT2D eigenvalue weighted by atomic mass is 10.1. The quantitative estimate of drug-likeness (QED) is 0.340. The molecule has 144 valence electrons. The fourth-order valence-corrected chi connectivity index (χ4v) is 3.31. The summed E-state index contributed by atoms with van der Waals surface area (Å²) >= 11 is 7.09. The topological polar surface area (TPSA) is 80.9 Å². The second-order valence-corrected chi connectivity index (χ2v) is 7.39. The third kappa shape index (κ3) is 5.01. The zero-order chi connectivity index (χ0) is 20.1. The maximum Gasteiger partial charge on any atom is 0.234 e. The van der Waals surface area contributed by atoms with Gasteiger partial charge in [-0.25, -0.2) is 9.97 Å². The van der Waals surface area contributed by atoms with E-state index in [2.05, 4.69) is 20.4 Å². The lowest BCUT2D eigenvalue weighted by molar-refractivity contribution is -0.113. The fourth-order valence-electron chi connectivity index (χ4n) is 2.55. The van der Waals surface area contributed by atoms with E-state index in [0.29, 0.717) is 27.3 Å². The number of anilines is 1. The van der Waals surface area contributed by atoms with Crippen LogP contribution in [-0.4, -0.2) is 26.8 Å². The highest BCUT2D eigenvalue weighted by atomic mass is 35.5. The number of amides is 1. The maximum atomic E-state index is 12.1. The number of nitrogens with zero attached hydrogens (tertiary/aromatic N) is 3. The van der Waals surface area contributed by atoms with Gasteiger partial charge in [-0.15, -0.1) is 0 Å². The van der Waals surface area contributed by atoms with Crippen LogP contribution in [0.2, 0.25) is 5.02 Å². The number of hydrogen-bond acceptors (Lipinski definition) is 6. The van der Waals surface area contributed by atoms with Crippen molar-refractivity contribution < 1.29 is 9.32 Å². The van der Waals surface area contributed by atoms with Crippen molar-refractivity contribution in [3.63, 3.8) is 0 Å². The Hall–Kier alpha value is -3.16. The van der Waals surface area contributed by atoms with Crippen LogP contribution in [0.4, 0.5) is 5.69 Å². The average Bonchev–Trinajstić information content (AvgIpc) is 3.25. The van der Waals surface area contributed by atoms with Crippen LogP contribution in [-0.2, 0) is 4.79 Å². The summed E-state index contributed by atoms with van der Waals surface area (Å²) in [4.78, 5) is 20.8. The molecule has 0 aliphatic rings. The molecule has 4 rings (SSSR count). The molecule has 0 saturated heterocycles. The van der Waals surface area contributed by atoms with Gasteiger partial charge in [-0.1, -0.05) is 58.9 Å². The molecule has 1 amide bonds. The standard InChI is InChI=1S/C21H15ClN4O2S/c22-15-6-8-16(9-7-15)24-20(27)13-29-21-23-11-10-17(25-21)19-12-18(26-28-19)14-4-2-1-3-5-14/h1-12H,13H2,(H,24,27). The van der Waals surface area contributed by atoms with Gasteiger partial charge in [0.05, 0.1) is 5.75 Å². The molecule has 29 heavy (non-hydrogen) atoms. The van der Waals surface area contributed by atoms with E-state index >= 15 is 0 Å². The minimum absolute atomic E-state index is 0.155. The summed E-state index contributed by atoms with van der Waals surface area (Å²) < 4.78 is 5.43. The largest absolute Gasteiger partial charge is 0.354 e. The molecule has 2 aromatic heterocycles. The Morgan fingerprint density at radius 2 is 1.83 bits per heavy atom. The minimum atomic E-state index is -0.155. The third-order valence-corrected chi connectivity index (χ3v) is 5.04. The first-order valence-corrected chi connectivity index (χ1v) is 10.1. The van der Waals surface area contributed by atoms with Crippen molar-refractivity contribution in [2.45, 2.75) is 5.16 Å². The number of hydrogen-bond donors (Lipinski definition) is 1. The Labute approximate surface area is 176 Å². The van der Waals surface area contributed by atoms with E-state index in [0.717, 1.165) is 11.3 Å². The third-order valence-electron chi connectivity index (χ3n) is 3.93. The lowest BCUT2D eigenvalue weighted by Crippen LogP contribution is -2.14. The molecule has 0 unspecified atom stereocenters. The van der Waals surface area contributed by atoms with E-state index in [1.165, 1.54) is 11.8 Å². The second kappa shape index (κ2) is 8.89. The molecule has 6 nitrogen and oxygen atoms in total. The van der Waals surface area contributed by atoms with Gasteiger partial charge in [0.2, 0.25) is 5.91 Å². The molecule has 0 atom stereocenters. The van der Waals surface area contributed by atoms with E-state index < -0.39 is 0 Å². The zero-order valence-corrected chi connectivity index (χ0v) is 16.7. The van der Waals surface area contributed by atoms with E-state index in [9.17, 15) is 4.79 Å². The van der Waals surface area contributed by atoms with E-state index in [1.807, 2.05) is 36.4 Å². The minimum Gasteiger partial charge on any atom is -0.354 e. The second-order valence-electron chi connectivity index (χ2n) is 6.01. The molecule has 0 bridgehead atoms. The number of rotatable bonds is 6. The maximum absolute atomic E-state index is 12.1. The summed E-state index contributed by atoms with van der Waals surface area (Å²) in [6.45, 7) is 0. The van der Waals surface area contributed by atoms with Gasteiger partial charge in [0, 0.05) is 28.5 Å². The molecule has 0 spiro atoms. The van der Waals surface area contributed by atoms with Crippen LogP contribution in [0.3, 0.4) is 0 Å². The number of aromatic nitrogens is 3. The van der Waals surface area contributed by atoms with Crippen LogP contribution in [0.15, 0.2) is 82.6 Å². The van der Waals surface area contributed by atoms with Crippen LogP contribution in [0.5, 0.6) is 0 Å². The SMILES string of the molecule is O=C(CSc1nccc(-c2cc(-c3ccccc3)no2)n1)Nc1ccc(Cl)cc1. The number of carbonyl (C=O) groups excluding carboxylic acids is 1. The van der Waals surface area contributed by atoms with Crippen molar-refractivity contribution in [1.82, 2.24) is 15.1 Å². The number of nitrogens with one attached hydrogen (secondary N) is 1. The molecule has 0 radical (unpaired) electrons. The molecule has 0 fully saturated rings. The number of carbonyl (C=O) groups is 1. The normalized spacial score (nSPS) is 10.7. The number of benzene rings is 2. The molecular weight excluding hydrogens is 408 g/mol. The molecule has 0 aliphatic carbocycles. The van der Waals surface area contributed by atoms with Crippen LogP contribution < -0.4 is 5.32 Å². The van der Waals surface area contributed by atoms with Gasteiger partial charge in [-0.05, 0) is 30.3 Å².